The van der Waals surface area contributed by atoms with E-state index in [4.69, 9.17) is 0 Å². The molecule has 1 aliphatic rings. The van der Waals surface area contributed by atoms with Crippen LogP contribution in [0.5, 0.6) is 0 Å². The summed E-state index contributed by atoms with van der Waals surface area (Å²) in [7, 11) is 0. The van der Waals surface area contributed by atoms with Gasteiger partial charge in [-0.1, -0.05) is 13.0 Å². The van der Waals surface area contributed by atoms with Crippen molar-refractivity contribution in [1.82, 2.24) is 19.8 Å². The van der Waals surface area contributed by atoms with E-state index in [1.54, 1.807) is 4.90 Å². The third-order valence-electron chi connectivity index (χ3n) is 4.81. The number of piperidine rings is 1. The third-order valence-corrected chi connectivity index (χ3v) is 5.70. The number of hydrogen-bond acceptors (Lipinski definition) is 4. The molecule has 7 heteroatoms. The van der Waals surface area contributed by atoms with Crippen molar-refractivity contribution in [3.05, 3.63) is 40.6 Å². The predicted octanol–water partition coefficient (Wildman–Crippen LogP) is 3.20. The van der Waals surface area contributed by atoms with E-state index in [0.717, 1.165) is 49.5 Å². The number of amides is 2. The number of nitrogens with one attached hydrogen (secondary N) is 1. The molecule has 0 spiro atoms. The van der Waals surface area contributed by atoms with E-state index in [2.05, 4.69) is 21.8 Å². The maximum Gasteiger partial charge on any atom is 0.317 e. The molecule has 0 bridgehead atoms. The molecule has 3 heterocycles. The molecular weight excluding hydrogens is 348 g/mol. The van der Waals surface area contributed by atoms with Crippen LogP contribution in [0.3, 0.4) is 0 Å². The standard InChI is InChI=1S/C19H26N4O2S/c1-2-17-20-9-12-22(17)11-5-8-21-19(25)23-10-3-6-15(14-23)18(24)16-7-4-13-26-16/h4,7,9,12-13,15H,2-3,5-6,8,10-11,14H2,1H3,(H,21,25)/t15-/m1/s1. The van der Waals surface area contributed by atoms with Crippen molar-refractivity contribution in [2.24, 2.45) is 5.92 Å². The van der Waals surface area contributed by atoms with E-state index in [1.165, 1.54) is 11.3 Å². The Bertz CT molecular complexity index is 726. The first kappa shape index (κ1) is 18.6. The summed E-state index contributed by atoms with van der Waals surface area (Å²) < 4.78 is 2.13. The highest BCUT2D eigenvalue weighted by Crippen LogP contribution is 2.23. The van der Waals surface area contributed by atoms with Gasteiger partial charge >= 0.3 is 6.03 Å². The Kier molecular flexibility index (Phi) is 6.44. The van der Waals surface area contributed by atoms with E-state index in [-0.39, 0.29) is 17.7 Å². The highest BCUT2D eigenvalue weighted by Gasteiger charge is 2.29. The van der Waals surface area contributed by atoms with Crippen molar-refractivity contribution in [2.75, 3.05) is 19.6 Å². The summed E-state index contributed by atoms with van der Waals surface area (Å²) >= 11 is 1.48. The number of nitrogens with zero attached hydrogens (tertiary/aromatic N) is 3. The average Bonchev–Trinajstić information content (AvgIpc) is 3.36. The number of urea groups is 1. The minimum atomic E-state index is -0.0776. The second-order valence-corrected chi connectivity index (χ2v) is 7.55. The van der Waals surface area contributed by atoms with Gasteiger partial charge in [-0.2, -0.15) is 0 Å². The Hall–Kier alpha value is -2.15. The maximum atomic E-state index is 12.5. The van der Waals surface area contributed by atoms with Crippen LogP contribution >= 0.6 is 11.3 Å². The van der Waals surface area contributed by atoms with Crippen LogP contribution in [0.1, 0.15) is 41.7 Å². The van der Waals surface area contributed by atoms with Crippen molar-refractivity contribution < 1.29 is 9.59 Å². The first-order chi connectivity index (χ1) is 12.7. The van der Waals surface area contributed by atoms with E-state index >= 15 is 0 Å². The van der Waals surface area contributed by atoms with Crippen LogP contribution in [0.15, 0.2) is 29.9 Å². The predicted molar refractivity (Wildman–Crippen MR) is 103 cm³/mol. The molecule has 1 N–H and O–H groups in total. The zero-order chi connectivity index (χ0) is 18.4. The fourth-order valence-electron chi connectivity index (χ4n) is 3.41. The minimum absolute atomic E-state index is 0.0602. The highest BCUT2D eigenvalue weighted by molar-refractivity contribution is 7.12. The monoisotopic (exact) mass is 374 g/mol. The molecule has 3 rings (SSSR count). The summed E-state index contributed by atoms with van der Waals surface area (Å²) in [5.74, 6) is 1.17. The number of carbonyl (C=O) groups is 2. The Balaban J connectivity index is 1.43. The second kappa shape index (κ2) is 8.98. The van der Waals surface area contributed by atoms with Gasteiger partial charge in [-0.15, -0.1) is 11.3 Å². The van der Waals surface area contributed by atoms with Crippen molar-refractivity contribution in [1.29, 1.82) is 0 Å². The van der Waals surface area contributed by atoms with Crippen LogP contribution in [0.2, 0.25) is 0 Å². The number of aryl methyl sites for hydroxylation is 2. The normalized spacial score (nSPS) is 17.3. The van der Waals surface area contributed by atoms with E-state index in [1.807, 2.05) is 29.9 Å². The summed E-state index contributed by atoms with van der Waals surface area (Å²) in [6.07, 6.45) is 7.31. The van der Waals surface area contributed by atoms with Crippen LogP contribution < -0.4 is 5.32 Å². The Morgan fingerprint density at radius 2 is 2.31 bits per heavy atom. The Labute approximate surface area is 158 Å². The van der Waals surface area contributed by atoms with Gasteiger partial charge in [0.25, 0.3) is 0 Å². The van der Waals surface area contributed by atoms with Gasteiger partial charge in [0.05, 0.1) is 4.88 Å². The molecule has 0 aromatic carbocycles. The summed E-state index contributed by atoms with van der Waals surface area (Å²) in [6.45, 7) is 4.81. The lowest BCUT2D eigenvalue weighted by atomic mass is 9.93. The van der Waals surface area contributed by atoms with Gasteiger partial charge in [-0.05, 0) is 30.7 Å². The number of ketones is 1. The molecule has 2 amide bonds. The van der Waals surface area contributed by atoms with Gasteiger partial charge in [0.2, 0.25) is 0 Å². The summed E-state index contributed by atoms with van der Waals surface area (Å²) in [5.41, 5.74) is 0. The van der Waals surface area contributed by atoms with Gasteiger partial charge in [0.15, 0.2) is 5.78 Å². The number of Topliss-reactive ketones (excluding diaryl/α,β-unsaturated/α-hetero) is 1. The first-order valence-electron chi connectivity index (χ1n) is 9.29. The van der Waals surface area contributed by atoms with E-state index in [0.29, 0.717) is 13.1 Å². The van der Waals surface area contributed by atoms with Crippen molar-refractivity contribution in [2.45, 2.75) is 39.2 Å². The van der Waals surface area contributed by atoms with Crippen LogP contribution in [0.25, 0.3) is 0 Å². The van der Waals surface area contributed by atoms with Gasteiger partial charge in [-0.3, -0.25) is 4.79 Å². The smallest absolute Gasteiger partial charge is 0.317 e. The molecule has 1 saturated heterocycles. The number of hydrogen-bond donors (Lipinski definition) is 1. The lowest BCUT2D eigenvalue weighted by Crippen LogP contribution is -2.47. The molecule has 2 aromatic rings. The Morgan fingerprint density at radius 1 is 1.42 bits per heavy atom. The first-order valence-corrected chi connectivity index (χ1v) is 10.2. The molecular formula is C19H26N4O2S. The summed E-state index contributed by atoms with van der Waals surface area (Å²) in [4.78, 5) is 31.8. The van der Waals surface area contributed by atoms with Crippen LogP contribution in [0, 0.1) is 5.92 Å². The number of aromatic nitrogens is 2. The molecule has 26 heavy (non-hydrogen) atoms. The number of imidazole rings is 1. The second-order valence-electron chi connectivity index (χ2n) is 6.60. The largest absolute Gasteiger partial charge is 0.338 e. The third kappa shape index (κ3) is 4.52. The van der Waals surface area contributed by atoms with Crippen LogP contribution in [-0.2, 0) is 13.0 Å². The molecule has 0 unspecified atom stereocenters. The van der Waals surface area contributed by atoms with Crippen LogP contribution in [-0.4, -0.2) is 45.9 Å². The molecule has 6 nitrogen and oxygen atoms in total. The maximum absolute atomic E-state index is 12.5. The molecule has 0 saturated carbocycles. The van der Waals surface area contributed by atoms with E-state index in [9.17, 15) is 9.59 Å². The number of carbonyl (C=O) groups excluding carboxylic acids is 2. The SMILES string of the molecule is CCc1nccn1CCCNC(=O)N1CCC[C@@H](C(=O)c2cccs2)C1. The number of thiophene rings is 1. The van der Waals surface area contributed by atoms with Crippen molar-refractivity contribution >= 4 is 23.2 Å². The topological polar surface area (TPSA) is 67.2 Å². The van der Waals surface area contributed by atoms with E-state index < -0.39 is 0 Å². The Morgan fingerprint density at radius 3 is 3.08 bits per heavy atom. The summed E-state index contributed by atoms with van der Waals surface area (Å²) in [6, 6.07) is 3.71. The van der Waals surface area contributed by atoms with Gasteiger partial charge in [0.1, 0.15) is 5.82 Å². The molecule has 1 atom stereocenters. The lowest BCUT2D eigenvalue weighted by Gasteiger charge is -2.31. The number of likely N-dealkylation sites (tertiary alicyclic amines) is 1. The van der Waals surface area contributed by atoms with Gasteiger partial charge in [0, 0.05) is 50.9 Å². The molecule has 2 aromatic heterocycles. The van der Waals surface area contributed by atoms with Crippen LogP contribution in [0.4, 0.5) is 4.79 Å². The van der Waals surface area contributed by atoms with Crippen molar-refractivity contribution in [3.8, 4) is 0 Å². The molecule has 0 radical (unpaired) electrons. The fourth-order valence-corrected chi connectivity index (χ4v) is 4.15. The zero-order valence-electron chi connectivity index (χ0n) is 15.2. The molecule has 0 aliphatic carbocycles. The average molecular weight is 375 g/mol. The molecule has 140 valence electrons. The molecule has 1 fully saturated rings. The summed E-state index contributed by atoms with van der Waals surface area (Å²) in [5, 5.41) is 4.91. The highest BCUT2D eigenvalue weighted by atomic mass is 32.1. The lowest BCUT2D eigenvalue weighted by molar-refractivity contribution is 0.0850. The van der Waals surface area contributed by atoms with Gasteiger partial charge in [-0.25, -0.2) is 9.78 Å². The molecule has 1 aliphatic heterocycles. The van der Waals surface area contributed by atoms with Gasteiger partial charge < -0.3 is 14.8 Å². The quantitative estimate of drug-likeness (QED) is 0.598. The fraction of sp³-hybridized carbons (Fsp3) is 0.526. The number of rotatable bonds is 7. The zero-order valence-corrected chi connectivity index (χ0v) is 16.0. The van der Waals surface area contributed by atoms with Crippen molar-refractivity contribution in [3.63, 3.8) is 0 Å². The minimum Gasteiger partial charge on any atom is -0.338 e.